The molecule has 0 saturated heterocycles. The van der Waals surface area contributed by atoms with Gasteiger partial charge in [-0.05, 0) is 56.9 Å². The highest BCUT2D eigenvalue weighted by atomic mass is 79.9. The molecular weight excluding hydrogens is 388 g/mol. The van der Waals surface area contributed by atoms with Gasteiger partial charge in [0.05, 0.1) is 40.0 Å². The van der Waals surface area contributed by atoms with Crippen molar-refractivity contribution in [3.05, 3.63) is 46.4 Å². The summed E-state index contributed by atoms with van der Waals surface area (Å²) >= 11 is 3.50. The van der Waals surface area contributed by atoms with Crippen LogP contribution in [0.3, 0.4) is 0 Å². The van der Waals surface area contributed by atoms with Crippen LogP contribution in [0.5, 0.6) is 28.7 Å². The minimum absolute atomic E-state index is 0.537. The summed E-state index contributed by atoms with van der Waals surface area (Å²) in [7, 11) is 7.92. The quantitative estimate of drug-likeness (QED) is 0.671. The van der Waals surface area contributed by atoms with E-state index >= 15 is 0 Å². The Hall–Kier alpha value is -2.34. The molecule has 25 heavy (non-hydrogen) atoms. The maximum atomic E-state index is 5.41. The molecular formula is C19H21BrO5. The van der Waals surface area contributed by atoms with Crippen molar-refractivity contribution in [2.75, 3.05) is 35.5 Å². The first-order valence-electron chi connectivity index (χ1n) is 7.41. The number of hydrogen-bond acceptors (Lipinski definition) is 5. The van der Waals surface area contributed by atoms with Crippen LogP contribution in [0, 0.1) is 0 Å². The second-order valence-corrected chi connectivity index (χ2v) is 5.94. The molecule has 0 aliphatic heterocycles. The smallest absolute Gasteiger partial charge is 0.203 e. The average molecular weight is 409 g/mol. The lowest BCUT2D eigenvalue weighted by atomic mass is 9.98. The maximum Gasteiger partial charge on any atom is 0.203 e. The molecule has 0 aromatic heterocycles. The van der Waals surface area contributed by atoms with Crippen LogP contribution in [0.2, 0.25) is 0 Å². The molecule has 0 N–H and O–H groups in total. The van der Waals surface area contributed by atoms with Gasteiger partial charge in [0.25, 0.3) is 0 Å². The standard InChI is InChI=1S/C19H21BrO5/c1-11(12-7-14(20)18(24-5)15(8-12)21-2)13-9-16(22-3)19(25-6)17(10-13)23-4/h7-10H,1H2,2-6H3. The predicted molar refractivity (Wildman–Crippen MR) is 101 cm³/mol. The van der Waals surface area contributed by atoms with E-state index in [0.29, 0.717) is 28.7 Å². The lowest BCUT2D eigenvalue weighted by Gasteiger charge is -2.17. The first-order valence-corrected chi connectivity index (χ1v) is 8.21. The lowest BCUT2D eigenvalue weighted by molar-refractivity contribution is 0.324. The fourth-order valence-corrected chi connectivity index (χ4v) is 3.12. The van der Waals surface area contributed by atoms with E-state index < -0.39 is 0 Å². The third kappa shape index (κ3) is 3.69. The molecule has 0 heterocycles. The van der Waals surface area contributed by atoms with E-state index in [1.54, 1.807) is 35.5 Å². The van der Waals surface area contributed by atoms with Crippen molar-refractivity contribution in [1.29, 1.82) is 0 Å². The monoisotopic (exact) mass is 408 g/mol. The number of methoxy groups -OCH3 is 5. The van der Waals surface area contributed by atoms with E-state index in [9.17, 15) is 0 Å². The highest BCUT2D eigenvalue weighted by molar-refractivity contribution is 9.10. The minimum Gasteiger partial charge on any atom is -0.493 e. The van der Waals surface area contributed by atoms with Crippen molar-refractivity contribution < 1.29 is 23.7 Å². The number of rotatable bonds is 7. The van der Waals surface area contributed by atoms with E-state index in [-0.39, 0.29) is 0 Å². The van der Waals surface area contributed by atoms with E-state index in [0.717, 1.165) is 21.2 Å². The largest absolute Gasteiger partial charge is 0.493 e. The molecule has 0 amide bonds. The topological polar surface area (TPSA) is 46.2 Å². The van der Waals surface area contributed by atoms with Gasteiger partial charge in [0.2, 0.25) is 5.75 Å². The zero-order chi connectivity index (χ0) is 18.6. The van der Waals surface area contributed by atoms with Crippen molar-refractivity contribution in [3.63, 3.8) is 0 Å². The van der Waals surface area contributed by atoms with Crippen LogP contribution in [0.1, 0.15) is 11.1 Å². The second-order valence-electron chi connectivity index (χ2n) is 5.09. The van der Waals surface area contributed by atoms with Gasteiger partial charge in [-0.1, -0.05) is 6.58 Å². The molecule has 0 spiro atoms. The number of benzene rings is 2. The van der Waals surface area contributed by atoms with Crippen molar-refractivity contribution in [2.24, 2.45) is 0 Å². The first kappa shape index (κ1) is 19.0. The Bertz CT molecular complexity index is 761. The molecule has 2 aromatic rings. The normalized spacial score (nSPS) is 10.2. The third-order valence-electron chi connectivity index (χ3n) is 3.80. The van der Waals surface area contributed by atoms with Crippen LogP contribution in [0.15, 0.2) is 35.3 Å². The van der Waals surface area contributed by atoms with Crippen LogP contribution >= 0.6 is 15.9 Å². The summed E-state index contributed by atoms with van der Waals surface area (Å²) < 4.78 is 27.7. The van der Waals surface area contributed by atoms with Crippen molar-refractivity contribution in [2.45, 2.75) is 0 Å². The summed E-state index contributed by atoms with van der Waals surface area (Å²) in [5.41, 5.74) is 2.49. The third-order valence-corrected chi connectivity index (χ3v) is 4.38. The Balaban J connectivity index is 2.56. The summed E-state index contributed by atoms with van der Waals surface area (Å²) in [5.74, 6) is 2.91. The van der Waals surface area contributed by atoms with Crippen LogP contribution in [-0.2, 0) is 0 Å². The zero-order valence-corrected chi connectivity index (χ0v) is 16.5. The van der Waals surface area contributed by atoms with Gasteiger partial charge in [-0.2, -0.15) is 0 Å². The number of hydrogen-bond donors (Lipinski definition) is 0. The van der Waals surface area contributed by atoms with E-state index in [1.807, 2.05) is 24.3 Å². The molecule has 5 nitrogen and oxygen atoms in total. The van der Waals surface area contributed by atoms with Gasteiger partial charge in [-0.15, -0.1) is 0 Å². The Morgan fingerprint density at radius 1 is 0.680 bits per heavy atom. The van der Waals surface area contributed by atoms with Crippen LogP contribution in [-0.4, -0.2) is 35.5 Å². The van der Waals surface area contributed by atoms with Gasteiger partial charge < -0.3 is 23.7 Å². The van der Waals surface area contributed by atoms with E-state index in [1.165, 1.54) is 0 Å². The van der Waals surface area contributed by atoms with Crippen LogP contribution in [0.25, 0.3) is 5.57 Å². The molecule has 6 heteroatoms. The van der Waals surface area contributed by atoms with Crippen LogP contribution in [0.4, 0.5) is 0 Å². The Labute approximate surface area is 156 Å². The molecule has 0 radical (unpaired) electrons. The van der Waals surface area contributed by atoms with Gasteiger partial charge in [-0.3, -0.25) is 0 Å². The van der Waals surface area contributed by atoms with E-state index in [4.69, 9.17) is 23.7 Å². The SMILES string of the molecule is C=C(c1cc(Br)c(OC)c(OC)c1)c1cc(OC)c(OC)c(OC)c1. The zero-order valence-electron chi connectivity index (χ0n) is 14.9. The molecule has 0 aliphatic carbocycles. The highest BCUT2D eigenvalue weighted by Crippen LogP contribution is 2.43. The molecule has 2 rings (SSSR count). The Morgan fingerprint density at radius 2 is 1.08 bits per heavy atom. The second kappa shape index (κ2) is 8.16. The van der Waals surface area contributed by atoms with Gasteiger partial charge in [0.1, 0.15) is 0 Å². The molecule has 0 atom stereocenters. The first-order chi connectivity index (χ1) is 12.0. The van der Waals surface area contributed by atoms with Crippen molar-refractivity contribution >= 4 is 21.5 Å². The minimum atomic E-state index is 0.537. The number of halogens is 1. The van der Waals surface area contributed by atoms with Crippen molar-refractivity contribution in [3.8, 4) is 28.7 Å². The predicted octanol–water partition coefficient (Wildman–Crippen LogP) is 4.55. The summed E-state index contributed by atoms with van der Waals surface area (Å²) in [4.78, 5) is 0. The summed E-state index contributed by atoms with van der Waals surface area (Å²) in [6, 6.07) is 7.50. The molecule has 0 aliphatic rings. The van der Waals surface area contributed by atoms with Gasteiger partial charge in [0.15, 0.2) is 23.0 Å². The molecule has 2 aromatic carbocycles. The maximum absolute atomic E-state index is 5.41. The van der Waals surface area contributed by atoms with E-state index in [2.05, 4.69) is 22.5 Å². The summed E-state index contributed by atoms with van der Waals surface area (Å²) in [5, 5.41) is 0. The summed E-state index contributed by atoms with van der Waals surface area (Å²) in [6.45, 7) is 4.20. The highest BCUT2D eigenvalue weighted by Gasteiger charge is 2.17. The average Bonchev–Trinajstić information content (AvgIpc) is 2.65. The van der Waals surface area contributed by atoms with Gasteiger partial charge >= 0.3 is 0 Å². The van der Waals surface area contributed by atoms with Gasteiger partial charge in [-0.25, -0.2) is 0 Å². The number of ether oxygens (including phenoxy) is 5. The summed E-state index contributed by atoms with van der Waals surface area (Å²) in [6.07, 6.45) is 0. The Morgan fingerprint density at radius 3 is 1.48 bits per heavy atom. The molecule has 0 unspecified atom stereocenters. The fraction of sp³-hybridized carbons (Fsp3) is 0.263. The fourth-order valence-electron chi connectivity index (χ4n) is 2.51. The van der Waals surface area contributed by atoms with Gasteiger partial charge in [0, 0.05) is 0 Å². The Kier molecular flexibility index (Phi) is 6.20. The van der Waals surface area contributed by atoms with Crippen molar-refractivity contribution in [1.82, 2.24) is 0 Å². The lowest BCUT2D eigenvalue weighted by Crippen LogP contribution is -1.98. The van der Waals surface area contributed by atoms with Crippen LogP contribution < -0.4 is 23.7 Å². The molecule has 0 saturated carbocycles. The molecule has 0 fully saturated rings. The molecule has 134 valence electrons. The molecule has 0 bridgehead atoms.